The molecule has 2 nitrogen and oxygen atoms in total. The van der Waals surface area contributed by atoms with Gasteiger partial charge in [-0.15, -0.1) is 0 Å². The van der Waals surface area contributed by atoms with Crippen molar-refractivity contribution in [3.8, 4) is 11.1 Å². The quantitative estimate of drug-likeness (QED) is 0.205. The normalized spacial score (nSPS) is 18.6. The average molecular weight is 655 g/mol. The summed E-state index contributed by atoms with van der Waals surface area (Å²) in [6.07, 6.45) is 18.1. The van der Waals surface area contributed by atoms with E-state index in [0.29, 0.717) is 5.92 Å². The number of aromatic nitrogens is 1. The summed E-state index contributed by atoms with van der Waals surface area (Å²) in [6, 6.07) is 42.9. The van der Waals surface area contributed by atoms with Crippen LogP contribution in [0.4, 0.5) is 5.69 Å². The minimum absolute atomic E-state index is 0.241. The number of fused-ring (bicyclic) bond motifs is 5. The van der Waals surface area contributed by atoms with Gasteiger partial charge < -0.3 is 5.32 Å². The molecule has 0 spiro atoms. The first-order valence-corrected chi connectivity index (χ1v) is 18.2. The van der Waals surface area contributed by atoms with Crippen LogP contribution in [0.1, 0.15) is 46.9 Å². The fraction of sp³-hybridized carbons (Fsp3) is 0.122. The van der Waals surface area contributed by atoms with E-state index in [0.717, 1.165) is 30.6 Å². The van der Waals surface area contributed by atoms with Crippen molar-refractivity contribution in [2.24, 2.45) is 11.8 Å². The van der Waals surface area contributed by atoms with Gasteiger partial charge in [-0.05, 0) is 126 Å². The zero-order chi connectivity index (χ0) is 33.9. The number of benzene rings is 5. The van der Waals surface area contributed by atoms with Gasteiger partial charge in [0.1, 0.15) is 0 Å². The minimum atomic E-state index is 0.241. The van der Waals surface area contributed by atoms with Crippen LogP contribution in [0, 0.1) is 11.8 Å². The Morgan fingerprint density at radius 1 is 0.706 bits per heavy atom. The monoisotopic (exact) mass is 654 g/mol. The van der Waals surface area contributed by atoms with Crippen LogP contribution in [0.25, 0.3) is 50.8 Å². The number of anilines is 1. The van der Waals surface area contributed by atoms with E-state index < -0.39 is 0 Å². The fourth-order valence-corrected chi connectivity index (χ4v) is 8.71. The van der Waals surface area contributed by atoms with Gasteiger partial charge in [-0.25, -0.2) is 0 Å². The predicted molar refractivity (Wildman–Crippen MR) is 214 cm³/mol. The maximum atomic E-state index is 5.01. The van der Waals surface area contributed by atoms with Crippen molar-refractivity contribution in [1.29, 1.82) is 0 Å². The first-order chi connectivity index (χ1) is 25.2. The molecule has 2 unspecified atom stereocenters. The van der Waals surface area contributed by atoms with Crippen LogP contribution in [0.2, 0.25) is 0 Å². The summed E-state index contributed by atoms with van der Waals surface area (Å²) < 4.78 is 0. The highest BCUT2D eigenvalue weighted by atomic mass is 14.9. The van der Waals surface area contributed by atoms with Crippen molar-refractivity contribution >= 4 is 45.3 Å². The standard InChI is InChI=1S/C49H38N2/c1-31-9-8-15-43-47(31)49(39-20-18-33-11-3-5-13-35(33)26-39)44-28-36(21-23-42(44)48(43)38-19-17-32-10-2-4-12-34(32)25-38)40-22-24-46(50-29-40)41-27-37-14-6-7-16-45(37)51-30-41/h2-4,6-12,14-29,31,47,51H,5,13,30H2,1H3. The molecule has 2 atom stereocenters. The number of aryl methyl sites for hydroxylation is 1. The van der Waals surface area contributed by atoms with Crippen molar-refractivity contribution in [3.63, 3.8) is 0 Å². The van der Waals surface area contributed by atoms with Gasteiger partial charge in [-0.3, -0.25) is 4.98 Å². The molecular weight excluding hydrogens is 617 g/mol. The van der Waals surface area contributed by atoms with E-state index in [1.807, 2.05) is 0 Å². The second-order valence-electron chi connectivity index (χ2n) is 14.4. The van der Waals surface area contributed by atoms with Gasteiger partial charge in [0.25, 0.3) is 0 Å². The fourth-order valence-electron chi connectivity index (χ4n) is 8.71. The Bertz CT molecular complexity index is 2650. The molecule has 0 amide bonds. The molecule has 5 aromatic carbocycles. The number of hydrogen-bond donors (Lipinski definition) is 1. The van der Waals surface area contributed by atoms with Crippen LogP contribution < -0.4 is 15.8 Å². The van der Waals surface area contributed by atoms with Crippen LogP contribution in [0.15, 0.2) is 151 Å². The lowest BCUT2D eigenvalue weighted by Gasteiger charge is -2.35. The predicted octanol–water partition coefficient (Wildman–Crippen LogP) is 9.99. The average Bonchev–Trinajstić information content (AvgIpc) is 3.19. The van der Waals surface area contributed by atoms with Crippen molar-refractivity contribution in [3.05, 3.63) is 195 Å². The van der Waals surface area contributed by atoms with Crippen molar-refractivity contribution in [2.45, 2.75) is 19.8 Å². The van der Waals surface area contributed by atoms with Crippen LogP contribution in [-0.4, -0.2) is 11.5 Å². The lowest BCUT2D eigenvalue weighted by Crippen LogP contribution is -2.39. The number of pyridine rings is 1. The van der Waals surface area contributed by atoms with Crippen molar-refractivity contribution in [1.82, 2.24) is 4.98 Å². The molecule has 6 aromatic rings. The molecule has 0 bridgehead atoms. The summed E-state index contributed by atoms with van der Waals surface area (Å²) in [4.78, 5) is 5.01. The first-order valence-electron chi connectivity index (χ1n) is 18.2. The van der Waals surface area contributed by atoms with Crippen LogP contribution in [0.5, 0.6) is 0 Å². The second kappa shape index (κ2) is 12.1. The Morgan fingerprint density at radius 2 is 1.55 bits per heavy atom. The molecule has 0 radical (unpaired) electrons. The molecule has 1 N–H and O–H groups in total. The topological polar surface area (TPSA) is 24.9 Å². The molecule has 2 heterocycles. The van der Waals surface area contributed by atoms with E-state index in [2.05, 4.69) is 170 Å². The smallest absolute Gasteiger partial charge is 0.0680 e. The Morgan fingerprint density at radius 3 is 2.47 bits per heavy atom. The third-order valence-corrected chi connectivity index (χ3v) is 11.3. The van der Waals surface area contributed by atoms with Gasteiger partial charge in [0.15, 0.2) is 0 Å². The maximum absolute atomic E-state index is 5.01. The molecule has 2 heteroatoms. The van der Waals surface area contributed by atoms with Crippen molar-refractivity contribution in [2.75, 3.05) is 11.9 Å². The van der Waals surface area contributed by atoms with E-state index in [4.69, 9.17) is 4.98 Å². The van der Waals surface area contributed by atoms with Gasteiger partial charge in [-0.1, -0.05) is 128 Å². The molecule has 0 fully saturated rings. The first kappa shape index (κ1) is 29.9. The van der Waals surface area contributed by atoms with Gasteiger partial charge in [-0.2, -0.15) is 0 Å². The van der Waals surface area contributed by atoms with Crippen molar-refractivity contribution < 1.29 is 0 Å². The van der Waals surface area contributed by atoms with Gasteiger partial charge >= 0.3 is 0 Å². The Labute approximate surface area is 299 Å². The Balaban J connectivity index is 1.19. The van der Waals surface area contributed by atoms with E-state index in [1.54, 1.807) is 0 Å². The molecule has 244 valence electrons. The lowest BCUT2D eigenvalue weighted by molar-refractivity contribution is 0.597. The maximum Gasteiger partial charge on any atom is 0.0680 e. The summed E-state index contributed by atoms with van der Waals surface area (Å²) >= 11 is 0. The number of para-hydroxylation sites is 1. The highest BCUT2D eigenvalue weighted by Gasteiger charge is 2.33. The SMILES string of the molecule is CC1C=CC=C2C(c3ccc4ccccc4c3)=c3ccc(-c4ccc(C5=Cc6ccccc6NC5)nc4)cc3=C(c3ccc4c(c3)CCC=C4)C21. The molecular formula is C49H38N2. The highest BCUT2D eigenvalue weighted by molar-refractivity contribution is 5.94. The molecule has 3 aliphatic carbocycles. The van der Waals surface area contributed by atoms with E-state index in [9.17, 15) is 0 Å². The van der Waals surface area contributed by atoms with Gasteiger partial charge in [0.05, 0.1) is 5.69 Å². The summed E-state index contributed by atoms with van der Waals surface area (Å²) in [7, 11) is 0. The summed E-state index contributed by atoms with van der Waals surface area (Å²) in [5.41, 5.74) is 16.5. The van der Waals surface area contributed by atoms with E-state index >= 15 is 0 Å². The molecule has 1 aromatic heterocycles. The summed E-state index contributed by atoms with van der Waals surface area (Å²) in [6.45, 7) is 3.16. The van der Waals surface area contributed by atoms with Crippen LogP contribution in [0.3, 0.4) is 0 Å². The lowest BCUT2D eigenvalue weighted by atomic mass is 9.68. The number of rotatable bonds is 4. The summed E-state index contributed by atoms with van der Waals surface area (Å²) in [5, 5.41) is 8.72. The minimum Gasteiger partial charge on any atom is -0.380 e. The second-order valence-corrected chi connectivity index (χ2v) is 14.4. The van der Waals surface area contributed by atoms with E-state index in [-0.39, 0.29) is 5.92 Å². The van der Waals surface area contributed by atoms with Gasteiger partial charge in [0, 0.05) is 29.9 Å². The largest absolute Gasteiger partial charge is 0.380 e. The molecule has 4 aliphatic rings. The number of hydrogen-bond acceptors (Lipinski definition) is 2. The third-order valence-electron chi connectivity index (χ3n) is 11.3. The third kappa shape index (κ3) is 5.13. The number of nitrogens with zero attached hydrogens (tertiary/aromatic N) is 1. The Hall–Kier alpha value is -5.99. The molecule has 0 saturated carbocycles. The van der Waals surface area contributed by atoms with E-state index in [1.165, 1.54) is 82.6 Å². The van der Waals surface area contributed by atoms with Crippen LogP contribution >= 0.6 is 0 Å². The highest BCUT2D eigenvalue weighted by Crippen LogP contribution is 2.44. The zero-order valence-electron chi connectivity index (χ0n) is 28.7. The summed E-state index contributed by atoms with van der Waals surface area (Å²) in [5.74, 6) is 0.595. The number of nitrogens with one attached hydrogen (secondary N) is 1. The van der Waals surface area contributed by atoms with Crippen LogP contribution in [-0.2, 0) is 6.42 Å². The van der Waals surface area contributed by atoms with Gasteiger partial charge in [0.2, 0.25) is 0 Å². The number of allylic oxidation sites excluding steroid dienone is 5. The zero-order valence-corrected chi connectivity index (χ0v) is 28.7. The Kier molecular flexibility index (Phi) is 7.09. The molecule has 51 heavy (non-hydrogen) atoms. The molecule has 10 rings (SSSR count). The molecule has 1 aliphatic heterocycles. The molecule has 0 saturated heterocycles.